The van der Waals surface area contributed by atoms with Crippen LogP contribution in [-0.2, 0) is 10.5 Å². The van der Waals surface area contributed by atoms with Crippen LogP contribution >= 0.6 is 11.8 Å². The van der Waals surface area contributed by atoms with Crippen molar-refractivity contribution in [2.75, 3.05) is 13.2 Å². The number of thioether (sulfide) groups is 1. The summed E-state index contributed by atoms with van der Waals surface area (Å²) >= 11 is 1.63. The third kappa shape index (κ3) is 2.54. The fourth-order valence-corrected chi connectivity index (χ4v) is 2.35. The molecule has 1 aromatic carbocycles. The quantitative estimate of drug-likeness (QED) is 0.878. The third-order valence-corrected chi connectivity index (χ3v) is 3.60. The number of carboxylic acid groups (broad SMARTS) is 1. The first-order chi connectivity index (χ1) is 7.66. The summed E-state index contributed by atoms with van der Waals surface area (Å²) in [5.74, 6) is -1.00. The molecule has 0 radical (unpaired) electrons. The van der Waals surface area contributed by atoms with E-state index in [1.807, 2.05) is 0 Å². The van der Waals surface area contributed by atoms with E-state index in [0.717, 1.165) is 19.3 Å². The molecule has 1 N–H and O–H groups in total. The van der Waals surface area contributed by atoms with E-state index in [4.69, 9.17) is 9.84 Å². The second kappa shape index (κ2) is 4.84. The van der Waals surface area contributed by atoms with E-state index < -0.39 is 11.8 Å². The highest BCUT2D eigenvalue weighted by Crippen LogP contribution is 2.24. The molecule has 1 aliphatic heterocycles. The molecule has 1 fully saturated rings. The minimum Gasteiger partial charge on any atom is -0.478 e. The van der Waals surface area contributed by atoms with E-state index in [2.05, 4.69) is 0 Å². The van der Waals surface area contributed by atoms with Crippen LogP contribution in [0.15, 0.2) is 18.2 Å². The number of rotatable bonds is 4. The summed E-state index contributed by atoms with van der Waals surface area (Å²) < 4.78 is 18.5. The molecule has 0 spiro atoms. The molecule has 1 heterocycles. The van der Waals surface area contributed by atoms with Gasteiger partial charge in [-0.3, -0.25) is 0 Å². The zero-order valence-electron chi connectivity index (χ0n) is 8.48. The molecule has 0 unspecified atom stereocenters. The van der Waals surface area contributed by atoms with Crippen LogP contribution in [0.25, 0.3) is 0 Å². The van der Waals surface area contributed by atoms with Crippen LogP contribution in [0.3, 0.4) is 0 Å². The summed E-state index contributed by atoms with van der Waals surface area (Å²) in [7, 11) is 0. The Morgan fingerprint density at radius 3 is 2.81 bits per heavy atom. The van der Waals surface area contributed by atoms with Crippen LogP contribution < -0.4 is 0 Å². The van der Waals surface area contributed by atoms with E-state index in [0.29, 0.717) is 16.6 Å². The van der Waals surface area contributed by atoms with Crippen molar-refractivity contribution in [2.45, 2.75) is 11.0 Å². The molecule has 0 bridgehead atoms. The van der Waals surface area contributed by atoms with Gasteiger partial charge in [-0.1, -0.05) is 6.07 Å². The van der Waals surface area contributed by atoms with E-state index in [1.165, 1.54) is 12.1 Å². The van der Waals surface area contributed by atoms with Crippen LogP contribution in [0.2, 0.25) is 0 Å². The summed E-state index contributed by atoms with van der Waals surface area (Å²) in [4.78, 5) is 10.6. The van der Waals surface area contributed by atoms with Crippen molar-refractivity contribution in [3.8, 4) is 0 Å². The Morgan fingerprint density at radius 1 is 1.56 bits per heavy atom. The maximum atomic E-state index is 13.5. The minimum atomic E-state index is -1.11. The first-order valence-electron chi connectivity index (χ1n) is 4.88. The SMILES string of the molecule is O=C(O)c1ccc(CSC2COC2)c(F)c1. The smallest absolute Gasteiger partial charge is 0.335 e. The molecule has 86 valence electrons. The highest BCUT2D eigenvalue weighted by atomic mass is 32.2. The highest BCUT2D eigenvalue weighted by Gasteiger charge is 2.19. The van der Waals surface area contributed by atoms with Crippen molar-refractivity contribution in [1.29, 1.82) is 0 Å². The van der Waals surface area contributed by atoms with Crippen molar-refractivity contribution in [3.63, 3.8) is 0 Å². The Balaban J connectivity index is 2.00. The lowest BCUT2D eigenvalue weighted by atomic mass is 10.1. The van der Waals surface area contributed by atoms with Crippen molar-refractivity contribution >= 4 is 17.7 Å². The van der Waals surface area contributed by atoms with Crippen LogP contribution in [0.4, 0.5) is 4.39 Å². The lowest BCUT2D eigenvalue weighted by Gasteiger charge is -2.25. The first kappa shape index (κ1) is 11.4. The summed E-state index contributed by atoms with van der Waals surface area (Å²) in [6, 6.07) is 4.03. The fourth-order valence-electron chi connectivity index (χ4n) is 1.32. The van der Waals surface area contributed by atoms with Crippen LogP contribution in [0, 0.1) is 5.82 Å². The fraction of sp³-hybridized carbons (Fsp3) is 0.364. The Hall–Kier alpha value is -1.07. The zero-order chi connectivity index (χ0) is 11.5. The zero-order valence-corrected chi connectivity index (χ0v) is 9.30. The van der Waals surface area contributed by atoms with Gasteiger partial charge in [0.1, 0.15) is 5.82 Å². The van der Waals surface area contributed by atoms with Gasteiger partial charge in [-0.05, 0) is 17.7 Å². The summed E-state index contributed by atoms with van der Waals surface area (Å²) in [5.41, 5.74) is 0.528. The number of hydrogen-bond acceptors (Lipinski definition) is 3. The number of halogens is 1. The lowest BCUT2D eigenvalue weighted by Crippen LogP contribution is -2.30. The summed E-state index contributed by atoms with van der Waals surface area (Å²) in [6.45, 7) is 1.44. The second-order valence-corrected chi connectivity index (χ2v) is 4.87. The van der Waals surface area contributed by atoms with E-state index in [-0.39, 0.29) is 5.56 Å². The number of benzene rings is 1. The third-order valence-electron chi connectivity index (χ3n) is 2.38. The Morgan fingerprint density at radius 2 is 2.31 bits per heavy atom. The van der Waals surface area contributed by atoms with Gasteiger partial charge in [0.15, 0.2) is 0 Å². The van der Waals surface area contributed by atoms with Gasteiger partial charge < -0.3 is 9.84 Å². The highest BCUT2D eigenvalue weighted by molar-refractivity contribution is 7.99. The van der Waals surface area contributed by atoms with Crippen LogP contribution in [0.1, 0.15) is 15.9 Å². The Labute approximate surface area is 96.6 Å². The van der Waals surface area contributed by atoms with Gasteiger partial charge in [-0.25, -0.2) is 9.18 Å². The molecular formula is C11H11FO3S. The monoisotopic (exact) mass is 242 g/mol. The molecule has 1 aliphatic rings. The molecule has 0 atom stereocenters. The Bertz CT molecular complexity index is 404. The standard InChI is InChI=1S/C11H11FO3S/c12-10-3-7(11(13)14)1-2-8(10)6-16-9-4-15-5-9/h1-3,9H,4-6H2,(H,13,14). The molecular weight excluding hydrogens is 231 g/mol. The average Bonchev–Trinajstić information content (AvgIpc) is 2.17. The Kier molecular flexibility index (Phi) is 3.46. The summed E-state index contributed by atoms with van der Waals surface area (Å²) in [6.07, 6.45) is 0. The molecule has 0 aliphatic carbocycles. The molecule has 0 saturated carbocycles. The first-order valence-corrected chi connectivity index (χ1v) is 5.93. The summed E-state index contributed by atoms with van der Waals surface area (Å²) in [5, 5.41) is 9.12. The maximum absolute atomic E-state index is 13.5. The molecule has 1 aromatic rings. The number of aromatic carboxylic acids is 1. The van der Waals surface area contributed by atoms with E-state index >= 15 is 0 Å². The molecule has 0 amide bonds. The van der Waals surface area contributed by atoms with Crippen LogP contribution in [0.5, 0.6) is 0 Å². The van der Waals surface area contributed by atoms with Gasteiger partial charge in [-0.2, -0.15) is 0 Å². The van der Waals surface area contributed by atoms with Gasteiger partial charge in [0, 0.05) is 5.75 Å². The predicted molar refractivity (Wildman–Crippen MR) is 59.3 cm³/mol. The molecule has 16 heavy (non-hydrogen) atoms. The lowest BCUT2D eigenvalue weighted by molar-refractivity contribution is 0.0455. The van der Waals surface area contributed by atoms with E-state index in [9.17, 15) is 9.18 Å². The van der Waals surface area contributed by atoms with Crippen molar-refractivity contribution < 1.29 is 19.0 Å². The normalized spacial score (nSPS) is 15.8. The van der Waals surface area contributed by atoms with Gasteiger partial charge in [-0.15, -0.1) is 11.8 Å². The topological polar surface area (TPSA) is 46.5 Å². The molecule has 1 saturated heterocycles. The largest absolute Gasteiger partial charge is 0.478 e. The molecule has 3 nitrogen and oxygen atoms in total. The van der Waals surface area contributed by atoms with Gasteiger partial charge in [0.2, 0.25) is 0 Å². The predicted octanol–water partition coefficient (Wildman–Crippen LogP) is 2.16. The van der Waals surface area contributed by atoms with E-state index in [1.54, 1.807) is 11.8 Å². The molecule has 2 rings (SSSR count). The van der Waals surface area contributed by atoms with Crippen molar-refractivity contribution in [3.05, 3.63) is 35.1 Å². The van der Waals surface area contributed by atoms with Gasteiger partial charge in [0.25, 0.3) is 0 Å². The van der Waals surface area contributed by atoms with Gasteiger partial charge >= 0.3 is 5.97 Å². The van der Waals surface area contributed by atoms with Crippen molar-refractivity contribution in [1.82, 2.24) is 0 Å². The maximum Gasteiger partial charge on any atom is 0.335 e. The molecule has 5 heteroatoms. The van der Waals surface area contributed by atoms with Crippen LogP contribution in [-0.4, -0.2) is 29.5 Å². The average molecular weight is 242 g/mol. The van der Waals surface area contributed by atoms with Gasteiger partial charge in [0.05, 0.1) is 24.0 Å². The number of ether oxygens (including phenoxy) is 1. The number of hydrogen-bond donors (Lipinski definition) is 1. The minimum absolute atomic E-state index is 0.0155. The number of carboxylic acids is 1. The molecule has 0 aromatic heterocycles. The van der Waals surface area contributed by atoms with Crippen molar-refractivity contribution in [2.24, 2.45) is 0 Å². The number of carbonyl (C=O) groups is 1. The second-order valence-electron chi connectivity index (χ2n) is 3.58.